The lowest BCUT2D eigenvalue weighted by molar-refractivity contribution is -0.111. The number of hydrogen-bond acceptors (Lipinski definition) is 3. The van der Waals surface area contributed by atoms with Gasteiger partial charge in [0.2, 0.25) is 0 Å². The lowest BCUT2D eigenvalue weighted by Gasteiger charge is -2.13. The van der Waals surface area contributed by atoms with Gasteiger partial charge in [0.1, 0.15) is 0 Å². The lowest BCUT2D eigenvalue weighted by atomic mass is 10.1. The van der Waals surface area contributed by atoms with Crippen LogP contribution in [0, 0.1) is 0 Å². The van der Waals surface area contributed by atoms with E-state index < -0.39 is 0 Å². The van der Waals surface area contributed by atoms with Gasteiger partial charge in [-0.25, -0.2) is 4.99 Å². The summed E-state index contributed by atoms with van der Waals surface area (Å²) in [4.78, 5) is 19.9. The maximum atomic E-state index is 11.2. The van der Waals surface area contributed by atoms with E-state index in [-0.39, 0.29) is 11.8 Å². The molecule has 78 valence electrons. The Kier molecular flexibility index (Phi) is 3.98. The van der Waals surface area contributed by atoms with E-state index in [1.165, 1.54) is 6.92 Å². The second kappa shape index (κ2) is 5.03. The van der Waals surface area contributed by atoms with Crippen molar-refractivity contribution < 1.29 is 4.79 Å². The first-order valence-electron chi connectivity index (χ1n) is 5.26. The molecule has 0 aliphatic carbocycles. The van der Waals surface area contributed by atoms with Crippen molar-refractivity contribution in [1.29, 1.82) is 0 Å². The van der Waals surface area contributed by atoms with Crippen molar-refractivity contribution in [3.05, 3.63) is 0 Å². The Balaban J connectivity index is 2.91. The molecule has 1 rings (SSSR count). The van der Waals surface area contributed by atoms with E-state index in [2.05, 4.69) is 16.9 Å². The molecule has 14 heavy (non-hydrogen) atoms. The molecule has 0 amide bonds. The summed E-state index contributed by atoms with van der Waals surface area (Å²) in [7, 11) is 0. The number of Topliss-reactive ketones (excluding diaryl/α,β-unsaturated/α-hetero) is 1. The third kappa shape index (κ3) is 3.05. The molecule has 0 aromatic rings. The van der Waals surface area contributed by atoms with E-state index in [0.29, 0.717) is 5.84 Å². The van der Waals surface area contributed by atoms with Crippen molar-refractivity contribution in [1.82, 2.24) is 0 Å². The maximum Gasteiger partial charge on any atom is 0.196 e. The highest BCUT2D eigenvalue weighted by Crippen LogP contribution is 2.13. The molecule has 0 spiro atoms. The summed E-state index contributed by atoms with van der Waals surface area (Å²) >= 11 is 0. The van der Waals surface area contributed by atoms with Gasteiger partial charge in [0.25, 0.3) is 0 Å². The first-order chi connectivity index (χ1) is 6.63. The van der Waals surface area contributed by atoms with Crippen LogP contribution in [0.15, 0.2) is 9.98 Å². The monoisotopic (exact) mass is 194 g/mol. The summed E-state index contributed by atoms with van der Waals surface area (Å²) in [5.41, 5.74) is 1.02. The van der Waals surface area contributed by atoms with Crippen LogP contribution in [0.3, 0.4) is 0 Å². The molecule has 0 fully saturated rings. The number of hydrogen-bond donors (Lipinski definition) is 0. The number of aliphatic imine (C=N–C) groups is 2. The number of amidine groups is 1. The highest BCUT2D eigenvalue weighted by molar-refractivity contribution is 6.40. The fraction of sp³-hybridized carbons (Fsp3) is 0.727. The minimum atomic E-state index is -0.0234. The van der Waals surface area contributed by atoms with Gasteiger partial charge < -0.3 is 0 Å². The molecule has 1 heterocycles. The Bertz CT molecular complexity index is 279. The van der Waals surface area contributed by atoms with Crippen molar-refractivity contribution in [3.8, 4) is 0 Å². The molecule has 0 aromatic heterocycles. The van der Waals surface area contributed by atoms with E-state index in [1.807, 2.05) is 6.92 Å². The molecule has 0 bridgehead atoms. The molecule has 0 aromatic carbocycles. The summed E-state index contributed by atoms with van der Waals surface area (Å²) < 4.78 is 0. The van der Waals surface area contributed by atoms with E-state index in [0.717, 1.165) is 31.4 Å². The average molecular weight is 194 g/mol. The molecule has 1 atom stereocenters. The van der Waals surface area contributed by atoms with Crippen LogP contribution in [-0.2, 0) is 4.79 Å². The number of ketones is 1. The largest absolute Gasteiger partial charge is 0.291 e. The lowest BCUT2D eigenvalue weighted by Crippen LogP contribution is -2.17. The molecule has 0 saturated heterocycles. The molecular weight excluding hydrogens is 176 g/mol. The maximum absolute atomic E-state index is 11.2. The number of rotatable bonds is 2. The van der Waals surface area contributed by atoms with E-state index in [9.17, 15) is 4.79 Å². The third-order valence-electron chi connectivity index (χ3n) is 2.46. The minimum Gasteiger partial charge on any atom is -0.291 e. The van der Waals surface area contributed by atoms with Crippen molar-refractivity contribution in [2.24, 2.45) is 9.98 Å². The van der Waals surface area contributed by atoms with Gasteiger partial charge in [0.05, 0.1) is 6.04 Å². The number of nitrogens with zero attached hydrogens (tertiary/aromatic N) is 2. The smallest absolute Gasteiger partial charge is 0.196 e. The molecular formula is C11H18N2O. The molecule has 0 saturated carbocycles. The molecule has 3 nitrogen and oxygen atoms in total. The van der Waals surface area contributed by atoms with Gasteiger partial charge in [-0.2, -0.15) is 0 Å². The Morgan fingerprint density at radius 3 is 2.86 bits per heavy atom. The topological polar surface area (TPSA) is 41.8 Å². The van der Waals surface area contributed by atoms with Gasteiger partial charge >= 0.3 is 0 Å². The molecule has 1 unspecified atom stereocenters. The van der Waals surface area contributed by atoms with Crippen LogP contribution in [0.25, 0.3) is 0 Å². The van der Waals surface area contributed by atoms with Gasteiger partial charge in [-0.05, 0) is 32.6 Å². The van der Waals surface area contributed by atoms with Crippen LogP contribution in [0.1, 0.15) is 46.5 Å². The molecule has 0 N–H and O–H groups in total. The zero-order chi connectivity index (χ0) is 10.6. The zero-order valence-corrected chi connectivity index (χ0v) is 9.21. The fourth-order valence-electron chi connectivity index (χ4n) is 1.56. The van der Waals surface area contributed by atoms with Crippen LogP contribution in [0.4, 0.5) is 0 Å². The third-order valence-corrected chi connectivity index (χ3v) is 2.46. The quantitative estimate of drug-likeness (QED) is 0.665. The second-order valence-electron chi connectivity index (χ2n) is 3.81. The number of carbonyl (C=O) groups is 1. The second-order valence-corrected chi connectivity index (χ2v) is 3.81. The van der Waals surface area contributed by atoms with Crippen molar-refractivity contribution in [2.75, 3.05) is 0 Å². The van der Waals surface area contributed by atoms with E-state index in [1.54, 1.807) is 0 Å². The Labute approximate surface area is 85.3 Å². The summed E-state index contributed by atoms with van der Waals surface area (Å²) in [6.45, 7) is 5.60. The van der Waals surface area contributed by atoms with Gasteiger partial charge in [0, 0.05) is 12.6 Å². The first-order valence-corrected chi connectivity index (χ1v) is 5.26. The Morgan fingerprint density at radius 1 is 1.57 bits per heavy atom. The molecule has 3 heteroatoms. The van der Waals surface area contributed by atoms with Crippen LogP contribution in [-0.4, -0.2) is 23.4 Å². The van der Waals surface area contributed by atoms with Gasteiger partial charge in [-0.15, -0.1) is 0 Å². The fourth-order valence-corrected chi connectivity index (χ4v) is 1.56. The van der Waals surface area contributed by atoms with Gasteiger partial charge in [-0.1, -0.05) is 6.92 Å². The predicted molar refractivity (Wildman–Crippen MR) is 59.2 cm³/mol. The molecule has 1 aliphatic heterocycles. The number of carbonyl (C=O) groups excluding carboxylic acids is 1. The summed E-state index contributed by atoms with van der Waals surface area (Å²) in [5.74, 6) is 0.388. The van der Waals surface area contributed by atoms with Crippen LogP contribution in [0.2, 0.25) is 0 Å². The molecule has 1 aliphatic rings. The standard InChI is InChI=1S/C11H18N2O/c1-4-10-7-5-6-8(2)12-11(13-10)9(3)14/h10H,4-7H2,1-3H3/b12-8+,13-11-. The van der Waals surface area contributed by atoms with Crippen molar-refractivity contribution >= 4 is 17.3 Å². The van der Waals surface area contributed by atoms with Gasteiger partial charge in [-0.3, -0.25) is 9.79 Å². The van der Waals surface area contributed by atoms with Crippen molar-refractivity contribution in [2.45, 2.75) is 52.5 Å². The Morgan fingerprint density at radius 2 is 2.29 bits per heavy atom. The molecule has 0 radical (unpaired) electrons. The van der Waals surface area contributed by atoms with E-state index >= 15 is 0 Å². The Hall–Kier alpha value is -0.990. The SMILES string of the molecule is CCC1CCC/C(C)=N/C(C(C)=O)=N\1. The summed E-state index contributed by atoms with van der Waals surface area (Å²) in [6.07, 6.45) is 4.18. The first kappa shape index (κ1) is 11.1. The predicted octanol–water partition coefficient (Wildman–Crippen LogP) is 2.40. The normalized spacial score (nSPS) is 30.6. The minimum absolute atomic E-state index is 0.0234. The van der Waals surface area contributed by atoms with Crippen LogP contribution < -0.4 is 0 Å². The average Bonchev–Trinajstić information content (AvgIpc) is 2.10. The van der Waals surface area contributed by atoms with E-state index in [4.69, 9.17) is 0 Å². The zero-order valence-electron chi connectivity index (χ0n) is 9.21. The highest BCUT2D eigenvalue weighted by Gasteiger charge is 2.13. The van der Waals surface area contributed by atoms with Crippen LogP contribution in [0.5, 0.6) is 0 Å². The summed E-state index contributed by atoms with van der Waals surface area (Å²) in [6, 6.07) is 0.283. The van der Waals surface area contributed by atoms with Gasteiger partial charge in [0.15, 0.2) is 11.6 Å². The highest BCUT2D eigenvalue weighted by atomic mass is 16.1. The van der Waals surface area contributed by atoms with Crippen LogP contribution >= 0.6 is 0 Å². The van der Waals surface area contributed by atoms with Crippen molar-refractivity contribution in [3.63, 3.8) is 0 Å². The summed E-state index contributed by atoms with van der Waals surface area (Å²) in [5, 5.41) is 0.